The number of carbonyl (C=O) groups is 1. The molecule has 7 heteroatoms. The normalized spacial score (nSPS) is 9.81. The van der Waals surface area contributed by atoms with Gasteiger partial charge < -0.3 is 5.32 Å². The minimum Gasteiger partial charge on any atom is -0.331 e. The fourth-order valence-electron chi connectivity index (χ4n) is 1.55. The van der Waals surface area contributed by atoms with E-state index in [9.17, 15) is 9.18 Å². The summed E-state index contributed by atoms with van der Waals surface area (Å²) in [5.74, 6) is -1.23. The SMILES string of the molecule is O=C(NNC(=S)Nc1cccc(Cl)c1)c1ccccc1F. The molecule has 21 heavy (non-hydrogen) atoms. The zero-order chi connectivity index (χ0) is 15.2. The maximum Gasteiger partial charge on any atom is 0.272 e. The molecule has 0 heterocycles. The molecule has 2 aromatic carbocycles. The maximum atomic E-state index is 13.4. The smallest absolute Gasteiger partial charge is 0.272 e. The monoisotopic (exact) mass is 323 g/mol. The van der Waals surface area contributed by atoms with E-state index in [0.717, 1.165) is 0 Å². The number of carbonyl (C=O) groups excluding carboxylic acids is 1. The van der Waals surface area contributed by atoms with Crippen LogP contribution in [0.15, 0.2) is 48.5 Å². The molecule has 0 saturated carbocycles. The number of thiocarbonyl (C=S) groups is 1. The number of halogens is 2. The van der Waals surface area contributed by atoms with Crippen LogP contribution in [0.3, 0.4) is 0 Å². The van der Waals surface area contributed by atoms with Crippen LogP contribution in [0.25, 0.3) is 0 Å². The molecule has 0 saturated heterocycles. The van der Waals surface area contributed by atoms with Crippen LogP contribution in [0, 0.1) is 5.82 Å². The number of hydrogen-bond acceptors (Lipinski definition) is 2. The van der Waals surface area contributed by atoms with Gasteiger partial charge in [-0.1, -0.05) is 29.8 Å². The number of amides is 1. The van der Waals surface area contributed by atoms with E-state index in [1.807, 2.05) is 0 Å². The zero-order valence-corrected chi connectivity index (χ0v) is 12.3. The molecule has 2 aromatic rings. The van der Waals surface area contributed by atoms with E-state index in [4.69, 9.17) is 23.8 Å². The van der Waals surface area contributed by atoms with E-state index in [0.29, 0.717) is 10.7 Å². The highest BCUT2D eigenvalue weighted by atomic mass is 35.5. The van der Waals surface area contributed by atoms with Crippen molar-refractivity contribution in [2.24, 2.45) is 0 Å². The lowest BCUT2D eigenvalue weighted by Crippen LogP contribution is -2.44. The van der Waals surface area contributed by atoms with E-state index < -0.39 is 11.7 Å². The topological polar surface area (TPSA) is 53.2 Å². The number of nitrogens with one attached hydrogen (secondary N) is 3. The summed E-state index contributed by atoms with van der Waals surface area (Å²) in [4.78, 5) is 11.8. The second-order valence-electron chi connectivity index (χ2n) is 4.02. The highest BCUT2D eigenvalue weighted by molar-refractivity contribution is 7.80. The third kappa shape index (κ3) is 4.40. The summed E-state index contributed by atoms with van der Waals surface area (Å²) >= 11 is 10.8. The van der Waals surface area contributed by atoms with Crippen molar-refractivity contribution in [2.45, 2.75) is 0 Å². The molecule has 0 aliphatic heterocycles. The van der Waals surface area contributed by atoms with Gasteiger partial charge in [0.25, 0.3) is 5.91 Å². The fraction of sp³-hybridized carbons (Fsp3) is 0. The Labute approximate surface area is 131 Å². The van der Waals surface area contributed by atoms with Gasteiger partial charge in [0.05, 0.1) is 5.56 Å². The summed E-state index contributed by atoms with van der Waals surface area (Å²) in [5.41, 5.74) is 5.39. The highest BCUT2D eigenvalue weighted by Crippen LogP contribution is 2.14. The summed E-state index contributed by atoms with van der Waals surface area (Å²) in [6, 6.07) is 12.6. The summed E-state index contributed by atoms with van der Waals surface area (Å²) in [6.07, 6.45) is 0. The van der Waals surface area contributed by atoms with Crippen molar-refractivity contribution in [3.8, 4) is 0 Å². The molecule has 1 amide bonds. The van der Waals surface area contributed by atoms with Gasteiger partial charge in [0.15, 0.2) is 5.11 Å². The molecule has 0 fully saturated rings. The van der Waals surface area contributed by atoms with E-state index in [1.165, 1.54) is 18.2 Å². The predicted molar refractivity (Wildman–Crippen MR) is 84.7 cm³/mol. The molecule has 2 rings (SSSR count). The molecule has 4 nitrogen and oxygen atoms in total. The molecule has 0 unspecified atom stereocenters. The zero-order valence-electron chi connectivity index (χ0n) is 10.7. The first kappa shape index (κ1) is 15.2. The molecular weight excluding hydrogens is 313 g/mol. The van der Waals surface area contributed by atoms with E-state index in [1.54, 1.807) is 30.3 Å². The van der Waals surface area contributed by atoms with Crippen LogP contribution < -0.4 is 16.2 Å². The van der Waals surface area contributed by atoms with E-state index in [2.05, 4.69) is 16.2 Å². The Morgan fingerprint density at radius 2 is 1.86 bits per heavy atom. The maximum absolute atomic E-state index is 13.4. The van der Waals surface area contributed by atoms with E-state index in [-0.39, 0.29) is 10.7 Å². The van der Waals surface area contributed by atoms with Gasteiger partial charge in [0.2, 0.25) is 0 Å². The van der Waals surface area contributed by atoms with Crippen molar-refractivity contribution in [3.05, 3.63) is 64.9 Å². The fourth-order valence-corrected chi connectivity index (χ4v) is 1.91. The Bertz CT molecular complexity index is 681. The minimum absolute atomic E-state index is 0.0736. The first-order valence-electron chi connectivity index (χ1n) is 5.93. The minimum atomic E-state index is -0.622. The van der Waals surface area contributed by atoms with Crippen LogP contribution >= 0.6 is 23.8 Å². The number of benzene rings is 2. The molecule has 108 valence electrons. The Kier molecular flexibility index (Phi) is 5.08. The quantitative estimate of drug-likeness (QED) is 0.587. The molecule has 3 N–H and O–H groups in total. The molecule has 0 spiro atoms. The summed E-state index contributed by atoms with van der Waals surface area (Å²) in [7, 11) is 0. The third-order valence-electron chi connectivity index (χ3n) is 2.49. The van der Waals surface area contributed by atoms with Crippen molar-refractivity contribution in [1.29, 1.82) is 0 Å². The lowest BCUT2D eigenvalue weighted by Gasteiger charge is -2.12. The lowest BCUT2D eigenvalue weighted by atomic mass is 10.2. The van der Waals surface area contributed by atoms with Gasteiger partial charge in [-0.25, -0.2) is 4.39 Å². The van der Waals surface area contributed by atoms with Gasteiger partial charge in [0.1, 0.15) is 5.82 Å². The Morgan fingerprint density at radius 3 is 2.57 bits per heavy atom. The Balaban J connectivity index is 1.90. The summed E-state index contributed by atoms with van der Waals surface area (Å²) < 4.78 is 13.4. The van der Waals surface area contributed by atoms with Gasteiger partial charge in [-0.2, -0.15) is 0 Å². The van der Waals surface area contributed by atoms with Crippen LogP contribution in [-0.2, 0) is 0 Å². The number of hydrogen-bond donors (Lipinski definition) is 3. The van der Waals surface area contributed by atoms with Gasteiger partial charge >= 0.3 is 0 Å². The second kappa shape index (κ2) is 7.01. The molecule has 0 aliphatic rings. The first-order chi connectivity index (χ1) is 10.1. The molecule has 0 atom stereocenters. The highest BCUT2D eigenvalue weighted by Gasteiger charge is 2.10. The summed E-state index contributed by atoms with van der Waals surface area (Å²) in [6.45, 7) is 0. The van der Waals surface area contributed by atoms with Crippen molar-refractivity contribution in [2.75, 3.05) is 5.32 Å². The van der Waals surface area contributed by atoms with Crippen LogP contribution in [0.5, 0.6) is 0 Å². The standard InChI is InChI=1S/C14H11ClFN3OS/c15-9-4-3-5-10(8-9)17-14(21)19-18-13(20)11-6-1-2-7-12(11)16/h1-8H,(H,18,20)(H2,17,19,21). The van der Waals surface area contributed by atoms with E-state index >= 15 is 0 Å². The van der Waals surface area contributed by atoms with Crippen LogP contribution in [0.4, 0.5) is 10.1 Å². The second-order valence-corrected chi connectivity index (χ2v) is 4.87. The number of anilines is 1. The Hall–Kier alpha value is -2.18. The van der Waals surface area contributed by atoms with Crippen molar-refractivity contribution in [3.63, 3.8) is 0 Å². The van der Waals surface area contributed by atoms with Crippen LogP contribution in [0.2, 0.25) is 5.02 Å². The third-order valence-corrected chi connectivity index (χ3v) is 2.93. The van der Waals surface area contributed by atoms with Crippen molar-refractivity contribution in [1.82, 2.24) is 10.9 Å². The molecule has 0 aromatic heterocycles. The molecule has 0 radical (unpaired) electrons. The average Bonchev–Trinajstić information content (AvgIpc) is 2.45. The molecular formula is C14H11ClFN3OS. The Morgan fingerprint density at radius 1 is 1.10 bits per heavy atom. The van der Waals surface area contributed by atoms with Gasteiger partial charge in [-0.15, -0.1) is 0 Å². The molecule has 0 bridgehead atoms. The van der Waals surface area contributed by atoms with Crippen LogP contribution in [-0.4, -0.2) is 11.0 Å². The van der Waals surface area contributed by atoms with Crippen molar-refractivity contribution >= 4 is 40.5 Å². The largest absolute Gasteiger partial charge is 0.331 e. The number of hydrazine groups is 1. The predicted octanol–water partition coefficient (Wildman–Crippen LogP) is 3.11. The first-order valence-corrected chi connectivity index (χ1v) is 6.72. The van der Waals surface area contributed by atoms with Gasteiger partial charge in [0, 0.05) is 10.7 Å². The number of rotatable bonds is 2. The van der Waals surface area contributed by atoms with Crippen molar-refractivity contribution < 1.29 is 9.18 Å². The van der Waals surface area contributed by atoms with Gasteiger partial charge in [-0.3, -0.25) is 15.6 Å². The lowest BCUT2D eigenvalue weighted by molar-refractivity contribution is 0.0940. The van der Waals surface area contributed by atoms with Gasteiger partial charge in [-0.05, 0) is 42.5 Å². The average molecular weight is 324 g/mol. The van der Waals surface area contributed by atoms with Crippen LogP contribution in [0.1, 0.15) is 10.4 Å². The summed E-state index contributed by atoms with van der Waals surface area (Å²) in [5, 5.41) is 3.54. The molecule has 0 aliphatic carbocycles.